The Morgan fingerprint density at radius 1 is 0.879 bits per heavy atom. The van der Waals surface area contributed by atoms with Gasteiger partial charge in [0.05, 0.1) is 28.2 Å². The minimum atomic E-state index is -4.73. The fraction of sp³-hybridized carbons (Fsp3) is 0.450. The molecule has 0 unspecified atom stereocenters. The van der Waals surface area contributed by atoms with Gasteiger partial charge >= 0.3 is 24.4 Å². The number of carbonyl (C=O) groups excluding carboxylic acids is 3. The van der Waals surface area contributed by atoms with E-state index in [4.69, 9.17) is 18.7 Å². The SMILES string of the molecule is CN1CCC(Oc2ccc(NC(=O)Nc3ccc(-c4cn(C5CC5)c5ncnc(N(C(=O)OC(C)(C)C)C(=O)OC(C)(C)C)c45)c4cnoc34)cc2C(F)(F)F)CC1. The van der Waals surface area contributed by atoms with Crippen molar-refractivity contribution < 1.29 is 46.3 Å². The van der Waals surface area contributed by atoms with Crippen LogP contribution >= 0.6 is 0 Å². The maximum atomic E-state index is 14.2. The van der Waals surface area contributed by atoms with Crippen molar-refractivity contribution >= 4 is 57.4 Å². The fourth-order valence-electron chi connectivity index (χ4n) is 6.73. The molecule has 4 amide bonds. The van der Waals surface area contributed by atoms with Crippen molar-refractivity contribution in [3.8, 4) is 16.9 Å². The van der Waals surface area contributed by atoms with Crippen LogP contribution in [0.15, 0.2) is 53.6 Å². The van der Waals surface area contributed by atoms with Gasteiger partial charge in [-0.05, 0) is 104 Å². The van der Waals surface area contributed by atoms with Gasteiger partial charge in [0.15, 0.2) is 11.4 Å². The van der Waals surface area contributed by atoms with Crippen LogP contribution in [0.2, 0.25) is 0 Å². The Hall–Kier alpha value is -5.91. The molecule has 0 atom stereocenters. The number of rotatable bonds is 7. The highest BCUT2D eigenvalue weighted by molar-refractivity contribution is 6.18. The average Bonchev–Trinajstić information content (AvgIpc) is 3.69. The summed E-state index contributed by atoms with van der Waals surface area (Å²) in [6.45, 7) is 11.4. The first kappa shape index (κ1) is 40.3. The van der Waals surface area contributed by atoms with Gasteiger partial charge in [0.1, 0.15) is 35.0 Å². The number of carbonyl (C=O) groups is 3. The number of anilines is 3. The molecule has 2 aromatic carbocycles. The minimum Gasteiger partial charge on any atom is -0.490 e. The van der Waals surface area contributed by atoms with Crippen LogP contribution in [0.25, 0.3) is 33.1 Å². The van der Waals surface area contributed by atoms with Gasteiger partial charge in [-0.25, -0.2) is 24.4 Å². The lowest BCUT2D eigenvalue weighted by Crippen LogP contribution is -2.44. The minimum absolute atomic E-state index is 0.0740. The van der Waals surface area contributed by atoms with E-state index in [9.17, 15) is 27.6 Å². The van der Waals surface area contributed by atoms with Crippen LogP contribution in [-0.2, 0) is 15.7 Å². The van der Waals surface area contributed by atoms with Crippen molar-refractivity contribution in [2.45, 2.75) is 96.7 Å². The molecule has 4 heterocycles. The van der Waals surface area contributed by atoms with Crippen molar-refractivity contribution in [2.75, 3.05) is 35.7 Å². The fourth-order valence-corrected chi connectivity index (χ4v) is 6.73. The van der Waals surface area contributed by atoms with Gasteiger partial charge in [0.2, 0.25) is 0 Å². The molecule has 2 fully saturated rings. The number of urea groups is 1. The number of alkyl halides is 3. The van der Waals surface area contributed by atoms with Crippen molar-refractivity contribution in [1.29, 1.82) is 0 Å². The summed E-state index contributed by atoms with van der Waals surface area (Å²) in [6, 6.07) is 5.89. The molecule has 2 aliphatic rings. The van der Waals surface area contributed by atoms with E-state index in [-0.39, 0.29) is 40.7 Å². The van der Waals surface area contributed by atoms with Gasteiger partial charge in [-0.1, -0.05) is 11.2 Å². The maximum Gasteiger partial charge on any atom is 0.425 e. The molecule has 58 heavy (non-hydrogen) atoms. The molecule has 1 aliphatic heterocycles. The molecule has 1 aliphatic carbocycles. The van der Waals surface area contributed by atoms with E-state index >= 15 is 0 Å². The molecule has 15 nitrogen and oxygen atoms in total. The molecular formula is C40H45F3N8O7. The number of aromatic nitrogens is 4. The second-order valence-corrected chi connectivity index (χ2v) is 16.5. The molecule has 2 N–H and O–H groups in total. The van der Waals surface area contributed by atoms with Crippen molar-refractivity contribution in [3.05, 3.63) is 54.6 Å². The summed E-state index contributed by atoms with van der Waals surface area (Å²) in [4.78, 5) is 52.6. The number of benzene rings is 2. The van der Waals surface area contributed by atoms with Crippen molar-refractivity contribution in [3.63, 3.8) is 0 Å². The lowest BCUT2D eigenvalue weighted by molar-refractivity contribution is -0.139. The number of imide groups is 1. The van der Waals surface area contributed by atoms with Crippen LogP contribution in [-0.4, -0.2) is 80.3 Å². The van der Waals surface area contributed by atoms with Crippen molar-refractivity contribution in [1.82, 2.24) is 24.6 Å². The van der Waals surface area contributed by atoms with Crippen LogP contribution in [0, 0.1) is 0 Å². The Morgan fingerprint density at radius 2 is 1.55 bits per heavy atom. The Labute approximate surface area is 331 Å². The number of nitrogens with one attached hydrogen (secondary N) is 2. The highest BCUT2D eigenvalue weighted by atomic mass is 19.4. The highest BCUT2D eigenvalue weighted by Gasteiger charge is 2.38. The number of amides is 4. The number of fused-ring (bicyclic) bond motifs is 2. The number of piperidine rings is 1. The quantitative estimate of drug-likeness (QED) is 0.161. The first-order valence-electron chi connectivity index (χ1n) is 18.9. The van der Waals surface area contributed by atoms with Gasteiger partial charge in [0, 0.05) is 36.6 Å². The maximum absolute atomic E-state index is 14.2. The molecule has 5 aromatic rings. The number of halogens is 3. The largest absolute Gasteiger partial charge is 0.490 e. The van der Waals surface area contributed by atoms with Crippen LogP contribution < -0.4 is 20.3 Å². The Bertz CT molecular complexity index is 2340. The normalized spacial score (nSPS) is 15.7. The Morgan fingerprint density at radius 3 is 2.17 bits per heavy atom. The first-order chi connectivity index (χ1) is 27.3. The molecule has 0 radical (unpaired) electrons. The van der Waals surface area contributed by atoms with E-state index in [0.29, 0.717) is 53.5 Å². The molecule has 18 heteroatoms. The topological polar surface area (TPSA) is 166 Å². The second-order valence-electron chi connectivity index (χ2n) is 16.5. The third-order valence-corrected chi connectivity index (χ3v) is 9.46. The van der Waals surface area contributed by atoms with Gasteiger partial charge < -0.3 is 38.8 Å². The van der Waals surface area contributed by atoms with Crippen LogP contribution in [0.4, 0.5) is 44.7 Å². The lowest BCUT2D eigenvalue weighted by Gasteiger charge is -2.30. The zero-order chi connectivity index (χ0) is 41.7. The Balaban J connectivity index is 1.22. The number of likely N-dealkylation sites (tertiary alicyclic amines) is 1. The molecule has 0 bridgehead atoms. The van der Waals surface area contributed by atoms with Crippen LogP contribution in [0.3, 0.4) is 0 Å². The van der Waals surface area contributed by atoms with E-state index in [1.807, 2.05) is 17.8 Å². The number of hydrogen-bond acceptors (Lipinski definition) is 11. The van der Waals surface area contributed by atoms with E-state index in [1.165, 1.54) is 24.7 Å². The molecule has 1 saturated heterocycles. The Kier molecular flexibility index (Phi) is 10.5. The first-order valence-corrected chi connectivity index (χ1v) is 18.9. The molecule has 0 spiro atoms. The second kappa shape index (κ2) is 15.1. The van der Waals surface area contributed by atoms with Crippen LogP contribution in [0.5, 0.6) is 5.75 Å². The monoisotopic (exact) mass is 806 g/mol. The van der Waals surface area contributed by atoms with E-state index in [2.05, 4.69) is 30.7 Å². The summed E-state index contributed by atoms with van der Waals surface area (Å²) in [5.41, 5.74) is -1.24. The predicted molar refractivity (Wildman–Crippen MR) is 209 cm³/mol. The third-order valence-electron chi connectivity index (χ3n) is 9.46. The summed E-state index contributed by atoms with van der Waals surface area (Å²) in [5, 5.41) is 9.88. The van der Waals surface area contributed by atoms with Gasteiger partial charge in [-0.2, -0.15) is 18.1 Å². The van der Waals surface area contributed by atoms with E-state index in [1.54, 1.807) is 53.7 Å². The van der Waals surface area contributed by atoms with Crippen molar-refractivity contribution in [2.24, 2.45) is 0 Å². The third kappa shape index (κ3) is 8.80. The molecular weight excluding hydrogens is 761 g/mol. The summed E-state index contributed by atoms with van der Waals surface area (Å²) in [6.07, 6.45) is 0.399. The number of ether oxygens (including phenoxy) is 3. The van der Waals surface area contributed by atoms with Gasteiger partial charge in [-0.15, -0.1) is 0 Å². The smallest absolute Gasteiger partial charge is 0.425 e. The number of nitrogens with zero attached hydrogens (tertiary/aromatic N) is 6. The van der Waals surface area contributed by atoms with Gasteiger partial charge in [0.25, 0.3) is 0 Å². The lowest BCUT2D eigenvalue weighted by atomic mass is 10.0. The van der Waals surface area contributed by atoms with E-state index in [0.717, 1.165) is 23.8 Å². The summed E-state index contributed by atoms with van der Waals surface area (Å²) in [5.74, 6) is -0.376. The zero-order valence-electron chi connectivity index (χ0n) is 33.2. The summed E-state index contributed by atoms with van der Waals surface area (Å²) < 4.78 is 67.2. The number of hydrogen-bond donors (Lipinski definition) is 2. The average molecular weight is 807 g/mol. The standard InChI is InChI=1S/C40H45F3N8O7/c1-38(2,3)56-36(53)51(37(54)57-39(4,5)6)34-31-27(20-50(23-9-10-23)33(31)44-21-45-34)25-11-12-29(32-26(25)19-46-58-32)48-35(52)47-22-8-13-30(28(18-22)40(41,42)43)55-24-14-16-49(7)17-15-24/h8,11-13,18-21,23-24H,9-10,14-17H2,1-7H3,(H2,47,48,52). The zero-order valence-corrected chi connectivity index (χ0v) is 33.2. The van der Waals surface area contributed by atoms with Gasteiger partial charge in [-0.3, -0.25) is 0 Å². The highest BCUT2D eigenvalue weighted by Crippen LogP contribution is 2.46. The predicted octanol–water partition coefficient (Wildman–Crippen LogP) is 9.39. The molecule has 1 saturated carbocycles. The molecule has 7 rings (SSSR count). The van der Waals surface area contributed by atoms with E-state index < -0.39 is 41.2 Å². The molecule has 308 valence electrons. The van der Waals surface area contributed by atoms with Crippen LogP contribution in [0.1, 0.15) is 78.8 Å². The summed E-state index contributed by atoms with van der Waals surface area (Å²) >= 11 is 0. The summed E-state index contributed by atoms with van der Waals surface area (Å²) in [7, 11) is 1.95. The molecule has 3 aromatic heterocycles.